The normalized spacial score (nSPS) is 13.3. The Morgan fingerprint density at radius 2 is 1.48 bits per heavy atom. The van der Waals surface area contributed by atoms with E-state index in [0.29, 0.717) is 4.68 Å². The fraction of sp³-hybridized carbons (Fsp3) is 0.158. The Morgan fingerprint density at radius 1 is 0.920 bits per heavy atom. The molecule has 1 amide bonds. The lowest BCUT2D eigenvalue weighted by Gasteiger charge is -2.24. The van der Waals surface area contributed by atoms with Crippen molar-refractivity contribution in [2.45, 2.75) is 19.4 Å². The first-order chi connectivity index (χ1) is 12.1. The van der Waals surface area contributed by atoms with E-state index < -0.39 is 12.5 Å². The summed E-state index contributed by atoms with van der Waals surface area (Å²) in [6.07, 6.45) is 2.73. The van der Waals surface area contributed by atoms with Gasteiger partial charge in [0.2, 0.25) is 0 Å². The highest BCUT2D eigenvalue weighted by Gasteiger charge is 2.28. The summed E-state index contributed by atoms with van der Waals surface area (Å²) >= 11 is 0. The molecule has 0 unspecified atom stereocenters. The van der Waals surface area contributed by atoms with Crippen LogP contribution in [0.2, 0.25) is 0 Å². The van der Waals surface area contributed by atoms with Gasteiger partial charge in [-0.05, 0) is 42.2 Å². The predicted octanol–water partition coefficient (Wildman–Crippen LogP) is 4.36. The van der Waals surface area contributed by atoms with Crippen molar-refractivity contribution in [2.24, 2.45) is 0 Å². The number of nitrogens with zero attached hydrogens (tertiary/aromatic N) is 3. The molecule has 2 heterocycles. The van der Waals surface area contributed by atoms with Gasteiger partial charge in [0.25, 0.3) is 5.91 Å². The number of carbonyl (C=O) groups is 1. The van der Waals surface area contributed by atoms with Gasteiger partial charge in [0.1, 0.15) is 0 Å². The number of alkyl halides is 2. The number of aryl methyl sites for hydroxylation is 2. The van der Waals surface area contributed by atoms with Crippen LogP contribution in [0.5, 0.6) is 0 Å². The number of fused-ring (bicyclic) bond motifs is 2. The molecule has 6 heteroatoms. The first-order valence-electron chi connectivity index (χ1n) is 7.99. The van der Waals surface area contributed by atoms with Crippen molar-refractivity contribution in [2.75, 3.05) is 4.90 Å². The molecule has 0 spiro atoms. The summed E-state index contributed by atoms with van der Waals surface area (Å²) in [4.78, 5) is 14.7. The number of aromatic nitrogens is 2. The van der Waals surface area contributed by atoms with Crippen LogP contribution in [0.25, 0.3) is 0 Å². The van der Waals surface area contributed by atoms with E-state index in [-0.39, 0.29) is 5.69 Å². The van der Waals surface area contributed by atoms with Crippen molar-refractivity contribution < 1.29 is 13.6 Å². The number of benzene rings is 2. The molecule has 0 fully saturated rings. The van der Waals surface area contributed by atoms with E-state index >= 15 is 0 Å². The molecule has 4 rings (SSSR count). The van der Waals surface area contributed by atoms with Crippen LogP contribution in [0, 0.1) is 0 Å². The average Bonchev–Trinajstić information content (AvgIpc) is 3.06. The highest BCUT2D eigenvalue weighted by Crippen LogP contribution is 2.36. The van der Waals surface area contributed by atoms with Crippen LogP contribution in [-0.2, 0) is 12.8 Å². The van der Waals surface area contributed by atoms with E-state index in [1.165, 1.54) is 6.07 Å². The summed E-state index contributed by atoms with van der Waals surface area (Å²) < 4.78 is 26.1. The zero-order valence-electron chi connectivity index (χ0n) is 13.3. The van der Waals surface area contributed by atoms with Gasteiger partial charge >= 0.3 is 6.55 Å². The third kappa shape index (κ3) is 2.69. The molecule has 2 aromatic carbocycles. The van der Waals surface area contributed by atoms with Crippen LogP contribution in [-0.4, -0.2) is 15.7 Å². The summed E-state index contributed by atoms with van der Waals surface area (Å²) in [5.41, 5.74) is 3.61. The van der Waals surface area contributed by atoms with Gasteiger partial charge < -0.3 is 0 Å². The molecule has 4 nitrogen and oxygen atoms in total. The monoisotopic (exact) mass is 339 g/mol. The lowest BCUT2D eigenvalue weighted by molar-refractivity contribution is 0.0561. The van der Waals surface area contributed by atoms with Crippen molar-refractivity contribution in [3.8, 4) is 0 Å². The van der Waals surface area contributed by atoms with Gasteiger partial charge in [-0.15, -0.1) is 0 Å². The van der Waals surface area contributed by atoms with Gasteiger partial charge in [-0.2, -0.15) is 13.9 Å². The largest absolute Gasteiger partial charge is 0.333 e. The number of amides is 1. The van der Waals surface area contributed by atoms with Crippen molar-refractivity contribution in [1.29, 1.82) is 0 Å². The zero-order valence-corrected chi connectivity index (χ0v) is 13.3. The Balaban J connectivity index is 1.85. The molecule has 0 bridgehead atoms. The molecule has 0 radical (unpaired) electrons. The second kappa shape index (κ2) is 6.12. The zero-order chi connectivity index (χ0) is 17.4. The molecule has 0 saturated heterocycles. The Bertz CT molecular complexity index is 888. The van der Waals surface area contributed by atoms with E-state index in [1.807, 2.05) is 48.5 Å². The summed E-state index contributed by atoms with van der Waals surface area (Å²) in [5, 5.41) is 3.74. The number of hydrogen-bond donors (Lipinski definition) is 0. The van der Waals surface area contributed by atoms with Gasteiger partial charge in [0, 0.05) is 6.20 Å². The fourth-order valence-electron chi connectivity index (χ4n) is 3.17. The number of para-hydroxylation sites is 2. The van der Waals surface area contributed by atoms with Crippen LogP contribution in [0.15, 0.2) is 60.8 Å². The molecule has 1 aliphatic rings. The van der Waals surface area contributed by atoms with Crippen molar-refractivity contribution >= 4 is 17.3 Å². The summed E-state index contributed by atoms with van der Waals surface area (Å²) in [6, 6.07) is 16.6. The van der Waals surface area contributed by atoms with Gasteiger partial charge in [0.15, 0.2) is 5.69 Å². The number of rotatable bonds is 2. The smallest absolute Gasteiger partial charge is 0.275 e. The SMILES string of the molecule is O=C(c1ccn(C(F)F)n1)N1c2ccccc2CCc2ccccc21. The van der Waals surface area contributed by atoms with E-state index in [0.717, 1.165) is 41.5 Å². The first-order valence-corrected chi connectivity index (χ1v) is 7.99. The van der Waals surface area contributed by atoms with E-state index in [9.17, 15) is 13.6 Å². The minimum atomic E-state index is -2.77. The number of anilines is 2. The van der Waals surface area contributed by atoms with Crippen LogP contribution >= 0.6 is 0 Å². The lowest BCUT2D eigenvalue weighted by atomic mass is 10.0. The third-order valence-electron chi connectivity index (χ3n) is 4.36. The minimum Gasteiger partial charge on any atom is -0.275 e. The number of halogens is 2. The maximum atomic E-state index is 13.1. The Kier molecular flexibility index (Phi) is 3.80. The molecule has 0 saturated carbocycles. The molecule has 1 aliphatic heterocycles. The maximum Gasteiger partial charge on any atom is 0.333 e. The lowest BCUT2D eigenvalue weighted by Crippen LogP contribution is -2.27. The predicted molar refractivity (Wildman–Crippen MR) is 90.2 cm³/mol. The Labute approximate surface area is 143 Å². The van der Waals surface area contributed by atoms with Crippen LogP contribution in [0.4, 0.5) is 20.2 Å². The number of hydrogen-bond acceptors (Lipinski definition) is 2. The van der Waals surface area contributed by atoms with Gasteiger partial charge in [-0.1, -0.05) is 36.4 Å². The molecule has 126 valence electrons. The highest BCUT2D eigenvalue weighted by atomic mass is 19.3. The van der Waals surface area contributed by atoms with E-state index in [2.05, 4.69) is 5.10 Å². The molecule has 25 heavy (non-hydrogen) atoms. The van der Waals surface area contributed by atoms with Crippen LogP contribution in [0.1, 0.15) is 28.2 Å². The van der Waals surface area contributed by atoms with Crippen LogP contribution in [0.3, 0.4) is 0 Å². The molecule has 3 aromatic rings. The topological polar surface area (TPSA) is 38.1 Å². The van der Waals surface area contributed by atoms with Gasteiger partial charge in [-0.25, -0.2) is 4.68 Å². The van der Waals surface area contributed by atoms with Crippen molar-refractivity contribution in [3.05, 3.63) is 77.6 Å². The summed E-state index contributed by atoms with van der Waals surface area (Å²) in [6.45, 7) is -2.77. The van der Waals surface area contributed by atoms with E-state index in [4.69, 9.17) is 0 Å². The standard InChI is InChI=1S/C19H15F2N3O/c20-19(21)23-12-11-15(22-23)18(25)24-16-7-3-1-5-13(16)9-10-14-6-2-4-8-17(14)24/h1-8,11-12,19H,9-10H2. The molecule has 0 atom stereocenters. The molecule has 0 aliphatic carbocycles. The molecular formula is C19H15F2N3O. The Hall–Kier alpha value is -3.02. The fourth-order valence-corrected chi connectivity index (χ4v) is 3.17. The average molecular weight is 339 g/mol. The second-order valence-corrected chi connectivity index (χ2v) is 5.86. The molecule has 0 N–H and O–H groups in total. The summed E-state index contributed by atoms with van der Waals surface area (Å²) in [7, 11) is 0. The quantitative estimate of drug-likeness (QED) is 0.696. The van der Waals surface area contributed by atoms with Crippen molar-refractivity contribution in [1.82, 2.24) is 9.78 Å². The van der Waals surface area contributed by atoms with Crippen molar-refractivity contribution in [3.63, 3.8) is 0 Å². The summed E-state index contributed by atoms with van der Waals surface area (Å²) in [5.74, 6) is -0.416. The maximum absolute atomic E-state index is 13.1. The third-order valence-corrected chi connectivity index (χ3v) is 4.36. The minimum absolute atomic E-state index is 0.00759. The molecule has 1 aromatic heterocycles. The van der Waals surface area contributed by atoms with Crippen LogP contribution < -0.4 is 4.90 Å². The number of carbonyl (C=O) groups excluding carboxylic acids is 1. The van der Waals surface area contributed by atoms with Gasteiger partial charge in [-0.3, -0.25) is 9.69 Å². The highest BCUT2D eigenvalue weighted by molar-refractivity contribution is 6.10. The second-order valence-electron chi connectivity index (χ2n) is 5.86. The van der Waals surface area contributed by atoms with Gasteiger partial charge in [0.05, 0.1) is 11.4 Å². The Morgan fingerprint density at radius 3 is 2.00 bits per heavy atom. The van der Waals surface area contributed by atoms with E-state index in [1.54, 1.807) is 4.90 Å². The molecular weight excluding hydrogens is 324 g/mol. The first kappa shape index (κ1) is 15.5.